The summed E-state index contributed by atoms with van der Waals surface area (Å²) in [6, 6.07) is 5.19. The maximum atomic E-state index is 12.6. The Balaban J connectivity index is 1.32. The van der Waals surface area contributed by atoms with Crippen molar-refractivity contribution in [2.45, 2.75) is 38.7 Å². The molecule has 3 rings (SSSR count). The van der Waals surface area contributed by atoms with Crippen LogP contribution in [0, 0.1) is 16.7 Å². The average molecular weight is 663 g/mol. The van der Waals surface area contributed by atoms with E-state index in [0.717, 1.165) is 33.9 Å². The predicted molar refractivity (Wildman–Crippen MR) is 176 cm³/mol. The van der Waals surface area contributed by atoms with E-state index in [1.165, 1.54) is 25.6 Å². The molecule has 0 bridgehead atoms. The van der Waals surface area contributed by atoms with Crippen LogP contribution in [-0.4, -0.2) is 78.3 Å². The minimum atomic E-state index is -0.356. The van der Waals surface area contributed by atoms with Gasteiger partial charge in [0.15, 0.2) is 5.17 Å². The van der Waals surface area contributed by atoms with Crippen LogP contribution >= 0.6 is 34.9 Å². The molecule has 2 unspecified atom stereocenters. The zero-order valence-corrected chi connectivity index (χ0v) is 27.8. The summed E-state index contributed by atoms with van der Waals surface area (Å²) >= 11 is 3.91. The second kappa shape index (κ2) is 17.8. The number of rotatable bonds is 15. The monoisotopic (exact) mass is 662 g/mol. The van der Waals surface area contributed by atoms with Crippen LogP contribution in [-0.2, 0) is 31.9 Å². The lowest BCUT2D eigenvalue weighted by molar-refractivity contribution is -0.119. The molecule has 1 heterocycles. The lowest BCUT2D eigenvalue weighted by Gasteiger charge is -2.26. The summed E-state index contributed by atoms with van der Waals surface area (Å²) in [7, 11) is 6.32. The molecule has 1 aliphatic rings. The van der Waals surface area contributed by atoms with E-state index < -0.39 is 0 Å². The summed E-state index contributed by atoms with van der Waals surface area (Å²) < 4.78 is 21.4. The summed E-state index contributed by atoms with van der Waals surface area (Å²) in [5, 5.41) is 31.2. The van der Waals surface area contributed by atoms with Gasteiger partial charge in [-0.25, -0.2) is 0 Å². The van der Waals surface area contributed by atoms with E-state index in [1.54, 1.807) is 44.2 Å². The fraction of sp³-hybridized carbons (Fsp3) is 0.448. The number of benzene rings is 1. The lowest BCUT2D eigenvalue weighted by atomic mass is 9.92. The van der Waals surface area contributed by atoms with Gasteiger partial charge in [0.05, 0.1) is 45.3 Å². The van der Waals surface area contributed by atoms with Crippen molar-refractivity contribution in [2.24, 2.45) is 5.92 Å². The highest BCUT2D eigenvalue weighted by atomic mass is 32.2. The van der Waals surface area contributed by atoms with Crippen LogP contribution in [0.4, 0.5) is 5.13 Å². The number of anilines is 1. The zero-order chi connectivity index (χ0) is 32.1. The summed E-state index contributed by atoms with van der Waals surface area (Å²) in [5.74, 6) is 2.92. The van der Waals surface area contributed by atoms with E-state index in [9.17, 15) is 9.59 Å². The molecule has 12 nitrogen and oxygen atoms in total. The number of aryl methyl sites for hydroxylation is 1. The Morgan fingerprint density at radius 1 is 0.977 bits per heavy atom. The van der Waals surface area contributed by atoms with Crippen LogP contribution in [0.25, 0.3) is 0 Å². The Morgan fingerprint density at radius 2 is 1.70 bits per heavy atom. The molecule has 1 aromatic heterocycles. The normalized spacial score (nSPS) is 15.9. The first-order valence-electron chi connectivity index (χ1n) is 13.7. The number of nitrogens with zero attached hydrogens (tertiary/aromatic N) is 2. The Bertz CT molecular complexity index is 1370. The van der Waals surface area contributed by atoms with Crippen LogP contribution < -0.4 is 20.1 Å². The van der Waals surface area contributed by atoms with Gasteiger partial charge in [0, 0.05) is 31.9 Å². The predicted octanol–water partition coefficient (Wildman–Crippen LogP) is 4.68. The first kappa shape index (κ1) is 35.1. The topological polar surface area (TPSA) is 169 Å². The van der Waals surface area contributed by atoms with E-state index in [-0.39, 0.29) is 41.8 Å². The third-order valence-corrected chi connectivity index (χ3v) is 9.06. The number of amides is 2. The maximum Gasteiger partial charge on any atom is 0.230 e. The Labute approximate surface area is 269 Å². The van der Waals surface area contributed by atoms with E-state index in [0.29, 0.717) is 45.8 Å². The maximum absolute atomic E-state index is 12.6. The van der Waals surface area contributed by atoms with Gasteiger partial charge in [-0.05, 0) is 52.6 Å². The number of hydrogen-bond donors (Lipinski definition) is 4. The molecule has 2 aromatic rings. The molecule has 4 N–H and O–H groups in total. The number of aromatic nitrogens is 2. The molecule has 0 aliphatic heterocycles. The minimum absolute atomic E-state index is 0.0511. The summed E-state index contributed by atoms with van der Waals surface area (Å²) in [5.41, 5.74) is 1.51. The largest absolute Gasteiger partial charge is 0.501 e. The number of ether oxygens (including phenoxy) is 4. The highest BCUT2D eigenvalue weighted by molar-refractivity contribution is 8.26. The van der Waals surface area contributed by atoms with Gasteiger partial charge >= 0.3 is 0 Å². The number of nitrogens with one attached hydrogen (secondary N) is 4. The second-order valence-electron chi connectivity index (χ2n) is 9.62. The van der Waals surface area contributed by atoms with Crippen molar-refractivity contribution in [3.63, 3.8) is 0 Å². The van der Waals surface area contributed by atoms with Crippen molar-refractivity contribution in [1.29, 1.82) is 10.8 Å². The van der Waals surface area contributed by atoms with Gasteiger partial charge in [-0.1, -0.05) is 24.3 Å². The van der Waals surface area contributed by atoms with Crippen LogP contribution in [0.2, 0.25) is 0 Å². The molecule has 0 saturated carbocycles. The number of methoxy groups -OCH3 is 4. The standard InChI is InChI=1S/C29H38N6O6S3/c1-17-22(40-4)12-19(13-23(17)41-5)15-26(37)33-29-35-34-27(44-29)7-9-42-8-6-24(30)43-28(31)32-25(36)14-18-10-20(38-2)16-21(11-18)39-3/h10-13,16-17,22,30H,6-9,14-15H2,1-5H3,(H2,31,32,36)(H,33,35,37). The van der Waals surface area contributed by atoms with E-state index >= 15 is 0 Å². The fourth-order valence-electron chi connectivity index (χ4n) is 4.21. The zero-order valence-electron chi connectivity index (χ0n) is 25.4. The third kappa shape index (κ3) is 11.3. The molecular formula is C29H38N6O6S3. The number of hydrogen-bond acceptors (Lipinski definition) is 13. The third-order valence-electron chi connectivity index (χ3n) is 6.42. The van der Waals surface area contributed by atoms with Crippen molar-refractivity contribution in [2.75, 3.05) is 45.3 Å². The van der Waals surface area contributed by atoms with Crippen LogP contribution in [0.15, 0.2) is 41.7 Å². The Morgan fingerprint density at radius 3 is 2.36 bits per heavy atom. The Kier molecular flexibility index (Phi) is 14.2. The van der Waals surface area contributed by atoms with Crippen molar-refractivity contribution in [3.05, 3.63) is 52.3 Å². The molecular weight excluding hydrogens is 625 g/mol. The number of allylic oxidation sites excluding steroid dienone is 1. The van der Waals surface area contributed by atoms with Crippen molar-refractivity contribution in [3.8, 4) is 11.5 Å². The van der Waals surface area contributed by atoms with Gasteiger partial charge in [-0.15, -0.1) is 10.2 Å². The highest BCUT2D eigenvalue weighted by Crippen LogP contribution is 2.28. The summed E-state index contributed by atoms with van der Waals surface area (Å²) in [4.78, 5) is 25.0. The first-order valence-corrected chi connectivity index (χ1v) is 16.5. The van der Waals surface area contributed by atoms with Gasteiger partial charge in [-0.2, -0.15) is 11.8 Å². The summed E-state index contributed by atoms with van der Waals surface area (Å²) in [6.07, 6.45) is 5.03. The highest BCUT2D eigenvalue weighted by Gasteiger charge is 2.25. The number of thioether (sulfide) groups is 2. The van der Waals surface area contributed by atoms with Crippen molar-refractivity contribution in [1.82, 2.24) is 15.5 Å². The van der Waals surface area contributed by atoms with Gasteiger partial charge < -0.3 is 29.6 Å². The fourth-order valence-corrected chi connectivity index (χ4v) is 6.73. The molecule has 238 valence electrons. The molecule has 0 spiro atoms. The van der Waals surface area contributed by atoms with Crippen molar-refractivity contribution < 1.29 is 28.5 Å². The van der Waals surface area contributed by atoms with Crippen LogP contribution in [0.1, 0.15) is 30.3 Å². The number of carbonyl (C=O) groups is 2. The SMILES string of the molecule is COC1=CC(CC(=O)Nc2nnc(CCSCCC(=N)SC(=N)NC(=O)Cc3cc(OC)cc(OC)c3)s2)=CC(OC)C1C. The van der Waals surface area contributed by atoms with E-state index in [4.69, 9.17) is 29.8 Å². The minimum Gasteiger partial charge on any atom is -0.501 e. The molecule has 0 saturated heterocycles. The number of carbonyl (C=O) groups excluding carboxylic acids is 2. The molecule has 15 heteroatoms. The smallest absolute Gasteiger partial charge is 0.230 e. The van der Waals surface area contributed by atoms with Crippen LogP contribution in [0.5, 0.6) is 11.5 Å². The Hall–Kier alpha value is -3.40. The van der Waals surface area contributed by atoms with Gasteiger partial charge in [0.2, 0.25) is 16.9 Å². The molecule has 0 radical (unpaired) electrons. The van der Waals surface area contributed by atoms with E-state index in [1.807, 2.05) is 19.1 Å². The van der Waals surface area contributed by atoms with Gasteiger partial charge in [0.25, 0.3) is 0 Å². The lowest BCUT2D eigenvalue weighted by Crippen LogP contribution is -2.29. The van der Waals surface area contributed by atoms with Crippen LogP contribution in [0.3, 0.4) is 0 Å². The van der Waals surface area contributed by atoms with Crippen molar-refractivity contribution >= 4 is 62.0 Å². The quantitative estimate of drug-likeness (QED) is 0.119. The molecule has 1 aromatic carbocycles. The molecule has 44 heavy (non-hydrogen) atoms. The molecule has 2 atom stereocenters. The average Bonchev–Trinajstić information content (AvgIpc) is 3.43. The molecule has 1 aliphatic carbocycles. The molecule has 2 amide bonds. The van der Waals surface area contributed by atoms with Gasteiger partial charge in [-0.3, -0.25) is 20.4 Å². The number of amidine groups is 1. The van der Waals surface area contributed by atoms with Gasteiger partial charge in [0.1, 0.15) is 22.3 Å². The van der Waals surface area contributed by atoms with E-state index in [2.05, 4.69) is 20.8 Å². The second-order valence-corrected chi connectivity index (χ2v) is 13.0. The molecule has 0 fully saturated rings. The summed E-state index contributed by atoms with van der Waals surface area (Å²) in [6.45, 7) is 2.01. The first-order chi connectivity index (χ1) is 21.1.